The van der Waals surface area contributed by atoms with E-state index in [0.29, 0.717) is 12.5 Å². The van der Waals surface area contributed by atoms with Gasteiger partial charge in [-0.2, -0.15) is 11.8 Å². The second-order valence-corrected chi connectivity index (χ2v) is 6.73. The van der Waals surface area contributed by atoms with Gasteiger partial charge in [0.1, 0.15) is 5.82 Å². The number of likely N-dealkylation sites (N-methyl/N-ethyl adjacent to an activating group) is 1. The summed E-state index contributed by atoms with van der Waals surface area (Å²) in [5, 5.41) is 0. The van der Waals surface area contributed by atoms with E-state index in [4.69, 9.17) is 5.73 Å². The Bertz CT molecular complexity index is 416. The lowest BCUT2D eigenvalue weighted by molar-refractivity contribution is 0.235. The highest BCUT2D eigenvalue weighted by Crippen LogP contribution is 2.23. The van der Waals surface area contributed by atoms with Gasteiger partial charge in [0.25, 0.3) is 0 Å². The summed E-state index contributed by atoms with van der Waals surface area (Å²) in [7, 11) is 2.12. The van der Waals surface area contributed by atoms with Crippen LogP contribution in [0.1, 0.15) is 5.56 Å². The van der Waals surface area contributed by atoms with Gasteiger partial charge in [0, 0.05) is 34.6 Å². The van der Waals surface area contributed by atoms with Crippen LogP contribution in [0.25, 0.3) is 0 Å². The van der Waals surface area contributed by atoms with Gasteiger partial charge < -0.3 is 10.6 Å². The molecule has 1 aliphatic heterocycles. The third-order valence-electron chi connectivity index (χ3n) is 3.40. The minimum absolute atomic E-state index is 0.0425. The number of nitrogens with two attached hydrogens (primary N) is 1. The van der Waals surface area contributed by atoms with Crippen molar-refractivity contribution in [3.05, 3.63) is 34.1 Å². The van der Waals surface area contributed by atoms with Crippen molar-refractivity contribution in [1.29, 1.82) is 0 Å². The fourth-order valence-electron chi connectivity index (χ4n) is 2.25. The predicted octanol–water partition coefficient (Wildman–Crippen LogP) is 2.51. The van der Waals surface area contributed by atoms with Crippen molar-refractivity contribution in [2.75, 3.05) is 25.1 Å². The molecule has 2 rings (SSSR count). The molecule has 0 aliphatic carbocycles. The molecule has 0 saturated carbocycles. The number of thioether (sulfide) groups is 1. The maximum absolute atomic E-state index is 13.2. The fourth-order valence-corrected chi connectivity index (χ4v) is 3.98. The molecule has 18 heavy (non-hydrogen) atoms. The summed E-state index contributed by atoms with van der Waals surface area (Å²) in [6, 6.07) is 5.19. The minimum Gasteiger partial charge on any atom is -0.326 e. The fraction of sp³-hybridized carbons (Fsp3) is 0.538. The highest BCUT2D eigenvalue weighted by Gasteiger charge is 2.25. The van der Waals surface area contributed by atoms with Crippen LogP contribution in [0.2, 0.25) is 0 Å². The average molecular weight is 333 g/mol. The Labute approximate surface area is 120 Å². The summed E-state index contributed by atoms with van der Waals surface area (Å²) in [4.78, 5) is 2.31. The summed E-state index contributed by atoms with van der Waals surface area (Å²) < 4.78 is 14.2. The Morgan fingerprint density at radius 2 is 2.39 bits per heavy atom. The maximum Gasteiger partial charge on any atom is 0.123 e. The van der Waals surface area contributed by atoms with Crippen molar-refractivity contribution in [3.8, 4) is 0 Å². The number of hydrogen-bond acceptors (Lipinski definition) is 3. The molecule has 0 radical (unpaired) electrons. The Balaban J connectivity index is 2.05. The van der Waals surface area contributed by atoms with Crippen LogP contribution in [-0.2, 0) is 6.42 Å². The van der Waals surface area contributed by atoms with E-state index in [0.717, 1.165) is 22.3 Å². The molecule has 2 atom stereocenters. The largest absolute Gasteiger partial charge is 0.326 e. The van der Waals surface area contributed by atoms with Gasteiger partial charge in [0.15, 0.2) is 0 Å². The second-order valence-electron chi connectivity index (χ2n) is 4.73. The number of halogens is 2. The molecule has 1 aromatic carbocycles. The predicted molar refractivity (Wildman–Crippen MR) is 79.5 cm³/mol. The highest BCUT2D eigenvalue weighted by molar-refractivity contribution is 9.10. The summed E-state index contributed by atoms with van der Waals surface area (Å²) in [6.45, 7) is 1.08. The monoisotopic (exact) mass is 332 g/mol. The molecule has 0 aromatic heterocycles. The van der Waals surface area contributed by atoms with E-state index in [9.17, 15) is 4.39 Å². The van der Waals surface area contributed by atoms with Crippen molar-refractivity contribution in [3.63, 3.8) is 0 Å². The molecule has 1 fully saturated rings. The van der Waals surface area contributed by atoms with E-state index < -0.39 is 0 Å². The van der Waals surface area contributed by atoms with Gasteiger partial charge in [-0.25, -0.2) is 4.39 Å². The summed E-state index contributed by atoms with van der Waals surface area (Å²) in [5.74, 6) is 2.03. The van der Waals surface area contributed by atoms with E-state index in [1.54, 1.807) is 12.1 Å². The topological polar surface area (TPSA) is 29.3 Å². The Hall–Kier alpha value is -0.100. The van der Waals surface area contributed by atoms with Crippen molar-refractivity contribution >= 4 is 27.7 Å². The van der Waals surface area contributed by atoms with Gasteiger partial charge in [-0.05, 0) is 37.2 Å². The van der Waals surface area contributed by atoms with E-state index in [-0.39, 0.29) is 11.9 Å². The molecule has 0 amide bonds. The van der Waals surface area contributed by atoms with Crippen molar-refractivity contribution in [2.24, 2.45) is 5.73 Å². The first-order valence-corrected chi connectivity index (χ1v) is 8.00. The third-order valence-corrected chi connectivity index (χ3v) is 5.22. The zero-order chi connectivity index (χ0) is 13.1. The number of benzene rings is 1. The molecule has 1 saturated heterocycles. The second kappa shape index (κ2) is 6.37. The van der Waals surface area contributed by atoms with E-state index in [2.05, 4.69) is 27.9 Å². The van der Waals surface area contributed by atoms with Crippen molar-refractivity contribution in [1.82, 2.24) is 4.90 Å². The van der Waals surface area contributed by atoms with Crippen molar-refractivity contribution < 1.29 is 4.39 Å². The van der Waals surface area contributed by atoms with Crippen LogP contribution < -0.4 is 5.73 Å². The molecular formula is C13H18BrFN2S. The quantitative estimate of drug-likeness (QED) is 0.922. The zero-order valence-electron chi connectivity index (χ0n) is 10.4. The van der Waals surface area contributed by atoms with Gasteiger partial charge in [0.2, 0.25) is 0 Å². The number of hydrogen-bond donors (Lipinski definition) is 1. The van der Waals surface area contributed by atoms with Crippen LogP contribution in [0.4, 0.5) is 4.39 Å². The molecule has 2 nitrogen and oxygen atoms in total. The first kappa shape index (κ1) is 14.3. The molecule has 0 bridgehead atoms. The minimum atomic E-state index is -0.202. The Morgan fingerprint density at radius 1 is 1.61 bits per heavy atom. The Kier molecular flexibility index (Phi) is 5.06. The average Bonchev–Trinajstić information content (AvgIpc) is 2.34. The lowest BCUT2D eigenvalue weighted by Gasteiger charge is -2.36. The molecule has 5 heteroatoms. The van der Waals surface area contributed by atoms with E-state index in [1.165, 1.54) is 11.8 Å². The van der Waals surface area contributed by atoms with Gasteiger partial charge in [-0.1, -0.05) is 15.9 Å². The van der Waals surface area contributed by atoms with Crippen molar-refractivity contribution in [2.45, 2.75) is 18.5 Å². The molecule has 1 aliphatic rings. The van der Waals surface area contributed by atoms with Gasteiger partial charge in [0.05, 0.1) is 0 Å². The number of rotatable bonds is 3. The van der Waals surface area contributed by atoms with Gasteiger partial charge in [-0.15, -0.1) is 0 Å². The SMILES string of the molecule is CN1CCSCC1C(N)Cc1cc(F)ccc1Br. The molecule has 1 heterocycles. The third kappa shape index (κ3) is 3.47. The highest BCUT2D eigenvalue weighted by atomic mass is 79.9. The van der Waals surface area contributed by atoms with Crippen LogP contribution in [0.3, 0.4) is 0 Å². The molecule has 0 spiro atoms. The van der Waals surface area contributed by atoms with Crippen LogP contribution in [0.5, 0.6) is 0 Å². The Morgan fingerprint density at radius 3 is 3.11 bits per heavy atom. The van der Waals surface area contributed by atoms with E-state index in [1.807, 2.05) is 11.8 Å². The van der Waals surface area contributed by atoms with Crippen LogP contribution in [0.15, 0.2) is 22.7 Å². The first-order chi connectivity index (χ1) is 8.58. The normalized spacial score (nSPS) is 23.0. The maximum atomic E-state index is 13.2. The molecule has 2 N–H and O–H groups in total. The molecular weight excluding hydrogens is 315 g/mol. The molecule has 100 valence electrons. The molecule has 1 aromatic rings. The smallest absolute Gasteiger partial charge is 0.123 e. The lowest BCUT2D eigenvalue weighted by Crippen LogP contribution is -2.51. The summed E-state index contributed by atoms with van der Waals surface area (Å²) in [6.07, 6.45) is 0.702. The first-order valence-electron chi connectivity index (χ1n) is 6.05. The van der Waals surface area contributed by atoms with Crippen LogP contribution >= 0.6 is 27.7 Å². The van der Waals surface area contributed by atoms with Gasteiger partial charge >= 0.3 is 0 Å². The van der Waals surface area contributed by atoms with Crippen LogP contribution in [-0.4, -0.2) is 42.1 Å². The standard InChI is InChI=1S/C13H18BrFN2S/c1-17-4-5-18-8-13(17)12(16)7-9-6-10(15)2-3-11(9)14/h2-3,6,12-13H,4-5,7-8,16H2,1H3. The summed E-state index contributed by atoms with van der Waals surface area (Å²) >= 11 is 5.40. The summed E-state index contributed by atoms with van der Waals surface area (Å²) in [5.41, 5.74) is 7.24. The lowest BCUT2D eigenvalue weighted by atomic mass is 10.00. The molecule has 2 unspecified atom stereocenters. The van der Waals surface area contributed by atoms with Gasteiger partial charge in [-0.3, -0.25) is 0 Å². The van der Waals surface area contributed by atoms with E-state index >= 15 is 0 Å². The zero-order valence-corrected chi connectivity index (χ0v) is 12.8. The van der Waals surface area contributed by atoms with Crippen LogP contribution in [0, 0.1) is 5.82 Å². The number of nitrogens with zero attached hydrogens (tertiary/aromatic N) is 1.